The number of piperidine rings is 1. The Kier molecular flexibility index (Phi) is 4.28. The molecule has 1 N–H and O–H groups in total. The molecule has 2 fully saturated rings. The Balaban J connectivity index is 2.02. The van der Waals surface area contributed by atoms with Gasteiger partial charge in [-0.15, -0.1) is 0 Å². The van der Waals surface area contributed by atoms with Crippen molar-refractivity contribution < 1.29 is 4.79 Å². The maximum Gasteiger partial charge on any atom is 0.240 e. The topological polar surface area (TPSA) is 35.6 Å². The van der Waals surface area contributed by atoms with Crippen molar-refractivity contribution in [2.75, 3.05) is 39.8 Å². The van der Waals surface area contributed by atoms with Crippen molar-refractivity contribution in [1.29, 1.82) is 0 Å². The summed E-state index contributed by atoms with van der Waals surface area (Å²) in [5.74, 6) is 0.964. The summed E-state index contributed by atoms with van der Waals surface area (Å²) < 4.78 is 0. The molecule has 2 heterocycles. The van der Waals surface area contributed by atoms with Gasteiger partial charge in [0.25, 0.3) is 0 Å². The van der Waals surface area contributed by atoms with Crippen LogP contribution in [-0.4, -0.2) is 61.0 Å². The molecule has 4 heteroatoms. The lowest BCUT2D eigenvalue weighted by molar-refractivity contribution is -0.134. The number of hydrogen-bond donors (Lipinski definition) is 1. The van der Waals surface area contributed by atoms with E-state index in [2.05, 4.69) is 36.0 Å². The molecule has 0 aromatic rings. The van der Waals surface area contributed by atoms with Crippen LogP contribution in [0.2, 0.25) is 0 Å². The molecule has 0 aromatic heterocycles. The first kappa shape index (κ1) is 13.8. The summed E-state index contributed by atoms with van der Waals surface area (Å²) in [6.45, 7) is 9.64. The zero-order valence-corrected chi connectivity index (χ0v) is 12.0. The van der Waals surface area contributed by atoms with Gasteiger partial charge in [-0.1, -0.05) is 13.8 Å². The van der Waals surface area contributed by atoms with Gasteiger partial charge in [0.1, 0.15) is 5.54 Å². The Morgan fingerprint density at radius 2 is 1.94 bits per heavy atom. The van der Waals surface area contributed by atoms with E-state index in [0.717, 1.165) is 52.0 Å². The average molecular weight is 253 g/mol. The normalized spacial score (nSPS) is 26.3. The lowest BCUT2D eigenvalue weighted by Crippen LogP contribution is -2.61. The number of nitrogens with zero attached hydrogens (tertiary/aromatic N) is 2. The number of hydrogen-bond acceptors (Lipinski definition) is 3. The summed E-state index contributed by atoms with van der Waals surface area (Å²) in [6.07, 6.45) is 3.02. The second-order valence-corrected chi connectivity index (χ2v) is 6.26. The van der Waals surface area contributed by atoms with Crippen molar-refractivity contribution in [3.8, 4) is 0 Å². The van der Waals surface area contributed by atoms with Gasteiger partial charge in [-0.25, -0.2) is 0 Å². The number of likely N-dealkylation sites (N-methyl/N-ethyl adjacent to an activating group) is 1. The van der Waals surface area contributed by atoms with E-state index >= 15 is 0 Å². The van der Waals surface area contributed by atoms with E-state index in [0.29, 0.717) is 5.92 Å². The lowest BCUT2D eigenvalue weighted by atomic mass is 9.85. The maximum absolute atomic E-state index is 12.4. The van der Waals surface area contributed by atoms with Gasteiger partial charge in [-0.3, -0.25) is 9.69 Å². The van der Waals surface area contributed by atoms with E-state index < -0.39 is 0 Å². The molecule has 104 valence electrons. The van der Waals surface area contributed by atoms with E-state index in [9.17, 15) is 4.79 Å². The Labute approximate surface area is 111 Å². The molecule has 0 bridgehead atoms. The van der Waals surface area contributed by atoms with Crippen molar-refractivity contribution in [2.45, 2.75) is 38.6 Å². The van der Waals surface area contributed by atoms with Crippen molar-refractivity contribution in [3.05, 3.63) is 0 Å². The Bertz CT molecular complexity index is 295. The fourth-order valence-electron chi connectivity index (χ4n) is 3.30. The Hall–Kier alpha value is -0.610. The summed E-state index contributed by atoms with van der Waals surface area (Å²) in [7, 11) is 2.11. The first-order valence-electron chi connectivity index (χ1n) is 7.26. The second-order valence-electron chi connectivity index (χ2n) is 6.26. The first-order chi connectivity index (χ1) is 8.54. The maximum atomic E-state index is 12.4. The van der Waals surface area contributed by atoms with Crippen molar-refractivity contribution in [3.63, 3.8) is 0 Å². The molecule has 0 aromatic carbocycles. The Morgan fingerprint density at radius 3 is 2.56 bits per heavy atom. The molecule has 0 aliphatic carbocycles. The molecule has 2 aliphatic heterocycles. The summed E-state index contributed by atoms with van der Waals surface area (Å²) in [4.78, 5) is 17.2. The monoisotopic (exact) mass is 253 g/mol. The molecule has 2 rings (SSSR count). The highest BCUT2D eigenvalue weighted by Gasteiger charge is 2.45. The molecule has 1 amide bonds. The van der Waals surface area contributed by atoms with Crippen LogP contribution in [0.4, 0.5) is 0 Å². The zero-order valence-electron chi connectivity index (χ0n) is 12.0. The fraction of sp³-hybridized carbons (Fsp3) is 0.929. The van der Waals surface area contributed by atoms with Gasteiger partial charge in [-0.2, -0.15) is 0 Å². The van der Waals surface area contributed by atoms with Gasteiger partial charge in [0.15, 0.2) is 0 Å². The second kappa shape index (κ2) is 5.57. The van der Waals surface area contributed by atoms with Crippen molar-refractivity contribution in [2.24, 2.45) is 5.92 Å². The number of nitrogens with one attached hydrogen (secondary N) is 1. The molecule has 4 nitrogen and oxygen atoms in total. The summed E-state index contributed by atoms with van der Waals surface area (Å²) >= 11 is 0. The molecule has 0 atom stereocenters. The van der Waals surface area contributed by atoms with E-state index in [4.69, 9.17) is 0 Å². The molecule has 0 unspecified atom stereocenters. The minimum absolute atomic E-state index is 0.232. The number of rotatable bonds is 2. The quantitative estimate of drug-likeness (QED) is 0.795. The van der Waals surface area contributed by atoms with Crippen molar-refractivity contribution >= 4 is 5.91 Å². The van der Waals surface area contributed by atoms with E-state index in [-0.39, 0.29) is 11.4 Å². The largest absolute Gasteiger partial charge is 0.354 e. The van der Waals surface area contributed by atoms with Crippen LogP contribution >= 0.6 is 0 Å². The fourth-order valence-corrected chi connectivity index (χ4v) is 3.30. The highest BCUT2D eigenvalue weighted by molar-refractivity contribution is 5.86. The van der Waals surface area contributed by atoms with Crippen LogP contribution in [0.15, 0.2) is 0 Å². The average Bonchev–Trinajstić information content (AvgIpc) is 2.45. The number of likely N-dealkylation sites (tertiary alicyclic amines) is 1. The SMILES string of the molecule is CC(C)CN1CCC2(CC1)C(=O)NCCCN2C. The molecule has 0 radical (unpaired) electrons. The van der Waals surface area contributed by atoms with Crippen LogP contribution in [0, 0.1) is 5.92 Å². The lowest BCUT2D eigenvalue weighted by Gasteiger charge is -2.45. The van der Waals surface area contributed by atoms with Gasteiger partial charge in [0, 0.05) is 32.7 Å². The van der Waals surface area contributed by atoms with Crippen LogP contribution in [0.1, 0.15) is 33.1 Å². The van der Waals surface area contributed by atoms with Gasteiger partial charge in [0.2, 0.25) is 5.91 Å². The Morgan fingerprint density at radius 1 is 1.28 bits per heavy atom. The number of carbonyl (C=O) groups is 1. The van der Waals surface area contributed by atoms with Gasteiger partial charge in [0.05, 0.1) is 0 Å². The van der Waals surface area contributed by atoms with Crippen LogP contribution in [0.25, 0.3) is 0 Å². The number of amides is 1. The summed E-state index contributed by atoms with van der Waals surface area (Å²) in [5, 5.41) is 3.09. The van der Waals surface area contributed by atoms with E-state index in [1.54, 1.807) is 0 Å². The third-order valence-electron chi connectivity index (χ3n) is 4.42. The molecular weight excluding hydrogens is 226 g/mol. The predicted molar refractivity (Wildman–Crippen MR) is 73.5 cm³/mol. The molecular formula is C14H27N3O. The van der Waals surface area contributed by atoms with Crippen LogP contribution in [-0.2, 0) is 4.79 Å². The standard InChI is InChI=1S/C14H27N3O/c1-12(2)11-17-9-5-14(6-10-17)13(18)15-7-4-8-16(14)3/h12H,4-11H2,1-3H3,(H,15,18). The first-order valence-corrected chi connectivity index (χ1v) is 7.26. The number of carbonyl (C=O) groups excluding carboxylic acids is 1. The summed E-state index contributed by atoms with van der Waals surface area (Å²) in [5.41, 5.74) is -0.232. The van der Waals surface area contributed by atoms with E-state index in [1.165, 1.54) is 0 Å². The van der Waals surface area contributed by atoms with Crippen LogP contribution in [0.3, 0.4) is 0 Å². The van der Waals surface area contributed by atoms with Gasteiger partial charge >= 0.3 is 0 Å². The molecule has 1 spiro atoms. The highest BCUT2D eigenvalue weighted by Crippen LogP contribution is 2.30. The van der Waals surface area contributed by atoms with Gasteiger partial charge in [-0.05, 0) is 32.2 Å². The third-order valence-corrected chi connectivity index (χ3v) is 4.42. The third kappa shape index (κ3) is 2.69. The molecule has 18 heavy (non-hydrogen) atoms. The van der Waals surface area contributed by atoms with Crippen molar-refractivity contribution in [1.82, 2.24) is 15.1 Å². The zero-order chi connectivity index (χ0) is 13.2. The molecule has 2 aliphatic rings. The van der Waals surface area contributed by atoms with Crippen LogP contribution < -0.4 is 5.32 Å². The molecule has 2 saturated heterocycles. The smallest absolute Gasteiger partial charge is 0.240 e. The summed E-state index contributed by atoms with van der Waals surface area (Å²) in [6, 6.07) is 0. The minimum Gasteiger partial charge on any atom is -0.354 e. The van der Waals surface area contributed by atoms with E-state index in [1.807, 2.05) is 0 Å². The van der Waals surface area contributed by atoms with Crippen LogP contribution in [0.5, 0.6) is 0 Å². The predicted octanol–water partition coefficient (Wildman–Crippen LogP) is 0.929. The highest BCUT2D eigenvalue weighted by atomic mass is 16.2. The van der Waals surface area contributed by atoms with Gasteiger partial charge < -0.3 is 10.2 Å². The molecule has 0 saturated carbocycles. The minimum atomic E-state index is -0.232.